The molecule has 0 aromatic heterocycles. The Hall–Kier alpha value is -1.95. The molecule has 3 rings (SSSR count). The molecule has 3 N–H and O–H groups in total. The average Bonchev–Trinajstić information content (AvgIpc) is 2.88. The number of nitrogens with zero attached hydrogens (tertiary/aromatic N) is 1. The summed E-state index contributed by atoms with van der Waals surface area (Å²) in [5, 5.41) is 2.63. The quantitative estimate of drug-likeness (QED) is 0.868. The van der Waals surface area contributed by atoms with Crippen molar-refractivity contribution in [3.8, 4) is 0 Å². The van der Waals surface area contributed by atoms with Gasteiger partial charge in [-0.2, -0.15) is 0 Å². The minimum Gasteiger partial charge on any atom is -0.342 e. The molecule has 5 nitrogen and oxygen atoms in total. The van der Waals surface area contributed by atoms with Crippen molar-refractivity contribution >= 4 is 17.5 Å². The van der Waals surface area contributed by atoms with E-state index in [9.17, 15) is 14.0 Å². The van der Waals surface area contributed by atoms with Gasteiger partial charge in [0, 0.05) is 25.2 Å². The third kappa shape index (κ3) is 2.59. The molecule has 2 aliphatic rings. The molecule has 2 unspecified atom stereocenters. The Bertz CT molecular complexity index is 634. The van der Waals surface area contributed by atoms with Crippen LogP contribution >= 0.6 is 0 Å². The van der Waals surface area contributed by atoms with Crippen molar-refractivity contribution in [2.45, 2.75) is 25.7 Å². The van der Waals surface area contributed by atoms with Crippen LogP contribution in [-0.4, -0.2) is 36.3 Å². The number of carbonyl (C=O) groups is 2. The minimum absolute atomic E-state index is 0.0573. The topological polar surface area (TPSA) is 75.4 Å². The van der Waals surface area contributed by atoms with Crippen molar-refractivity contribution in [2.75, 3.05) is 25.0 Å². The SMILES string of the molecule is CC1(CN)CCN(C(=O)C2CC(=O)Nc3cc(F)ccc32)C1. The number of nitrogens with two attached hydrogens (primary N) is 1. The highest BCUT2D eigenvalue weighted by atomic mass is 19.1. The number of hydrogen-bond donors (Lipinski definition) is 2. The third-order valence-corrected chi connectivity index (χ3v) is 4.71. The summed E-state index contributed by atoms with van der Waals surface area (Å²) >= 11 is 0. The molecule has 2 amide bonds. The second kappa shape index (κ2) is 5.35. The molecule has 1 aromatic carbocycles. The van der Waals surface area contributed by atoms with E-state index in [2.05, 4.69) is 12.2 Å². The molecule has 1 saturated heterocycles. The Morgan fingerprint density at radius 2 is 2.32 bits per heavy atom. The largest absolute Gasteiger partial charge is 0.342 e. The maximum atomic E-state index is 13.3. The second-order valence-electron chi connectivity index (χ2n) is 6.56. The first-order valence-corrected chi connectivity index (χ1v) is 7.50. The van der Waals surface area contributed by atoms with E-state index < -0.39 is 11.7 Å². The first-order chi connectivity index (χ1) is 10.4. The second-order valence-corrected chi connectivity index (χ2v) is 6.56. The predicted octanol–water partition coefficient (Wildman–Crippen LogP) is 1.45. The predicted molar refractivity (Wildman–Crippen MR) is 80.7 cm³/mol. The lowest BCUT2D eigenvalue weighted by Crippen LogP contribution is -2.39. The van der Waals surface area contributed by atoms with Gasteiger partial charge in [-0.05, 0) is 36.1 Å². The van der Waals surface area contributed by atoms with Crippen LogP contribution in [0.25, 0.3) is 0 Å². The highest BCUT2D eigenvalue weighted by Crippen LogP contribution is 2.37. The lowest BCUT2D eigenvalue weighted by atomic mass is 9.88. The molecule has 1 fully saturated rings. The zero-order chi connectivity index (χ0) is 15.9. The summed E-state index contributed by atoms with van der Waals surface area (Å²) in [6, 6.07) is 4.18. The van der Waals surface area contributed by atoms with Gasteiger partial charge in [-0.1, -0.05) is 13.0 Å². The van der Waals surface area contributed by atoms with Crippen LogP contribution in [0, 0.1) is 11.2 Å². The zero-order valence-electron chi connectivity index (χ0n) is 12.6. The van der Waals surface area contributed by atoms with Crippen LogP contribution in [0.5, 0.6) is 0 Å². The van der Waals surface area contributed by atoms with Gasteiger partial charge >= 0.3 is 0 Å². The van der Waals surface area contributed by atoms with Gasteiger partial charge in [0.05, 0.1) is 5.92 Å². The standard InChI is InChI=1S/C16H20FN3O2/c1-16(8-18)4-5-20(9-16)15(22)12-7-14(21)19-13-6-10(17)2-3-11(12)13/h2-3,6,12H,4-5,7-9,18H2,1H3,(H,19,21). The van der Waals surface area contributed by atoms with Crippen LogP contribution < -0.4 is 11.1 Å². The van der Waals surface area contributed by atoms with Gasteiger partial charge in [0.25, 0.3) is 0 Å². The Kier molecular flexibility index (Phi) is 3.64. The summed E-state index contributed by atoms with van der Waals surface area (Å²) in [6.45, 7) is 3.86. The van der Waals surface area contributed by atoms with E-state index in [0.29, 0.717) is 30.9 Å². The molecule has 6 heteroatoms. The molecular weight excluding hydrogens is 285 g/mol. The van der Waals surface area contributed by atoms with Gasteiger partial charge in [0.15, 0.2) is 0 Å². The Morgan fingerprint density at radius 1 is 1.55 bits per heavy atom. The monoisotopic (exact) mass is 305 g/mol. The van der Waals surface area contributed by atoms with Crippen LogP contribution in [0.15, 0.2) is 18.2 Å². The van der Waals surface area contributed by atoms with E-state index in [1.165, 1.54) is 12.1 Å². The van der Waals surface area contributed by atoms with Gasteiger partial charge in [-0.15, -0.1) is 0 Å². The number of carbonyl (C=O) groups excluding carboxylic acids is 2. The number of amides is 2. The van der Waals surface area contributed by atoms with E-state index in [0.717, 1.165) is 6.42 Å². The molecule has 0 radical (unpaired) electrons. The minimum atomic E-state index is -0.538. The summed E-state index contributed by atoms with van der Waals surface area (Å²) in [4.78, 5) is 26.4. The van der Waals surface area contributed by atoms with Crippen molar-refractivity contribution in [3.63, 3.8) is 0 Å². The van der Waals surface area contributed by atoms with Gasteiger partial charge in [0.1, 0.15) is 5.82 Å². The van der Waals surface area contributed by atoms with E-state index in [4.69, 9.17) is 5.73 Å². The summed E-state index contributed by atoms with van der Waals surface area (Å²) in [6.07, 6.45) is 0.970. The van der Waals surface area contributed by atoms with Gasteiger partial charge in [0.2, 0.25) is 11.8 Å². The molecule has 118 valence electrons. The number of benzene rings is 1. The van der Waals surface area contributed by atoms with Crippen LogP contribution in [0.2, 0.25) is 0 Å². The van der Waals surface area contributed by atoms with E-state index in [-0.39, 0.29) is 23.7 Å². The average molecular weight is 305 g/mol. The lowest BCUT2D eigenvalue weighted by molar-refractivity contribution is -0.134. The normalized spacial score (nSPS) is 27.5. The molecule has 1 aromatic rings. The summed E-state index contributed by atoms with van der Waals surface area (Å²) in [5.41, 5.74) is 6.81. The summed E-state index contributed by atoms with van der Waals surface area (Å²) in [5.74, 6) is -1.29. The van der Waals surface area contributed by atoms with Crippen LogP contribution in [-0.2, 0) is 9.59 Å². The number of hydrogen-bond acceptors (Lipinski definition) is 3. The molecule has 0 bridgehead atoms. The lowest BCUT2D eigenvalue weighted by Gasteiger charge is -2.29. The molecule has 2 atom stereocenters. The number of nitrogens with one attached hydrogen (secondary N) is 1. The fraction of sp³-hybridized carbons (Fsp3) is 0.500. The number of halogens is 1. The third-order valence-electron chi connectivity index (χ3n) is 4.71. The first kappa shape index (κ1) is 15.0. The van der Waals surface area contributed by atoms with Gasteiger partial charge < -0.3 is 16.0 Å². The van der Waals surface area contributed by atoms with Crippen molar-refractivity contribution < 1.29 is 14.0 Å². The Morgan fingerprint density at radius 3 is 3.00 bits per heavy atom. The summed E-state index contributed by atoms with van der Waals surface area (Å²) < 4.78 is 13.3. The Balaban J connectivity index is 1.86. The number of fused-ring (bicyclic) bond motifs is 1. The summed E-state index contributed by atoms with van der Waals surface area (Å²) in [7, 11) is 0. The maximum Gasteiger partial charge on any atom is 0.230 e. The maximum absolute atomic E-state index is 13.3. The van der Waals surface area contributed by atoms with Gasteiger partial charge in [-0.25, -0.2) is 4.39 Å². The molecule has 0 spiro atoms. The molecule has 2 aliphatic heterocycles. The van der Waals surface area contributed by atoms with E-state index in [1.807, 2.05) is 0 Å². The molecule has 0 saturated carbocycles. The molecular formula is C16H20FN3O2. The first-order valence-electron chi connectivity index (χ1n) is 7.50. The van der Waals surface area contributed by atoms with Crippen LogP contribution in [0.4, 0.5) is 10.1 Å². The smallest absolute Gasteiger partial charge is 0.230 e. The molecule has 22 heavy (non-hydrogen) atoms. The zero-order valence-corrected chi connectivity index (χ0v) is 12.6. The van der Waals surface area contributed by atoms with Crippen LogP contribution in [0.3, 0.4) is 0 Å². The van der Waals surface area contributed by atoms with Gasteiger partial charge in [-0.3, -0.25) is 9.59 Å². The van der Waals surface area contributed by atoms with Crippen LogP contribution in [0.1, 0.15) is 31.2 Å². The number of anilines is 1. The highest BCUT2D eigenvalue weighted by molar-refractivity contribution is 6.01. The Labute approximate surface area is 128 Å². The van der Waals surface area contributed by atoms with E-state index >= 15 is 0 Å². The number of rotatable bonds is 2. The molecule has 2 heterocycles. The fourth-order valence-electron chi connectivity index (χ4n) is 3.26. The molecule has 0 aliphatic carbocycles. The highest BCUT2D eigenvalue weighted by Gasteiger charge is 2.39. The number of likely N-dealkylation sites (tertiary alicyclic amines) is 1. The van der Waals surface area contributed by atoms with Crippen molar-refractivity contribution in [1.82, 2.24) is 4.90 Å². The van der Waals surface area contributed by atoms with Crippen molar-refractivity contribution in [1.29, 1.82) is 0 Å². The van der Waals surface area contributed by atoms with E-state index in [1.54, 1.807) is 11.0 Å². The van der Waals surface area contributed by atoms with Crippen molar-refractivity contribution in [2.24, 2.45) is 11.1 Å². The van der Waals surface area contributed by atoms with Crippen molar-refractivity contribution in [3.05, 3.63) is 29.6 Å². The fourth-order valence-corrected chi connectivity index (χ4v) is 3.26.